The highest BCUT2D eigenvalue weighted by Gasteiger charge is 2.33. The van der Waals surface area contributed by atoms with Crippen molar-refractivity contribution in [1.82, 2.24) is 5.32 Å². The molecule has 0 saturated carbocycles. The largest absolute Gasteiger partial charge is 0.444 e. The summed E-state index contributed by atoms with van der Waals surface area (Å²) in [6, 6.07) is 9.46. The summed E-state index contributed by atoms with van der Waals surface area (Å²) in [6.07, 6.45) is 1.29. The fourth-order valence-electron chi connectivity index (χ4n) is 2.35. The van der Waals surface area contributed by atoms with Gasteiger partial charge in [-0.05, 0) is 27.2 Å². The molecule has 2 rings (SSSR count). The summed E-state index contributed by atoms with van der Waals surface area (Å²) in [5.41, 5.74) is 0.415. The normalized spacial score (nSPS) is 24.7. The van der Waals surface area contributed by atoms with Crippen molar-refractivity contribution in [1.29, 1.82) is 0 Å². The van der Waals surface area contributed by atoms with Crippen LogP contribution in [0.2, 0.25) is 0 Å². The van der Waals surface area contributed by atoms with Crippen molar-refractivity contribution in [2.24, 2.45) is 0 Å². The molecule has 126 valence electrons. The maximum Gasteiger partial charge on any atom is 0.408 e. The molecule has 5 nitrogen and oxygen atoms in total. The van der Waals surface area contributed by atoms with Crippen LogP contribution in [0, 0.1) is 0 Å². The van der Waals surface area contributed by atoms with Crippen molar-refractivity contribution in [2.75, 3.05) is 6.61 Å². The minimum atomic E-state index is -0.541. The van der Waals surface area contributed by atoms with Crippen LogP contribution in [-0.2, 0) is 14.2 Å². The van der Waals surface area contributed by atoms with Crippen LogP contribution in [0.25, 0.3) is 0 Å². The molecule has 1 aliphatic heterocycles. The molecule has 3 atom stereocenters. The number of rotatable bonds is 4. The van der Waals surface area contributed by atoms with Gasteiger partial charge in [-0.3, -0.25) is 0 Å². The van der Waals surface area contributed by atoms with Crippen LogP contribution in [0.1, 0.15) is 39.0 Å². The SMILES string of the molecule is C=CCC1OC(c2ccccc2)OCC1NC(=O)OC(C)(C)C. The van der Waals surface area contributed by atoms with Crippen LogP contribution >= 0.6 is 0 Å². The van der Waals surface area contributed by atoms with Gasteiger partial charge in [0, 0.05) is 5.56 Å². The average molecular weight is 319 g/mol. The Labute approximate surface area is 137 Å². The first-order valence-corrected chi connectivity index (χ1v) is 7.81. The molecule has 23 heavy (non-hydrogen) atoms. The third-order valence-corrected chi connectivity index (χ3v) is 3.35. The molecule has 0 aliphatic carbocycles. The van der Waals surface area contributed by atoms with Gasteiger partial charge in [-0.25, -0.2) is 4.79 Å². The molecule has 1 saturated heterocycles. The lowest BCUT2D eigenvalue weighted by Gasteiger charge is -2.37. The third-order valence-electron chi connectivity index (χ3n) is 3.35. The quantitative estimate of drug-likeness (QED) is 0.862. The summed E-state index contributed by atoms with van der Waals surface area (Å²) in [6.45, 7) is 9.60. The number of carbonyl (C=O) groups excluding carboxylic acids is 1. The Bertz CT molecular complexity index is 524. The zero-order chi connectivity index (χ0) is 16.9. The van der Waals surface area contributed by atoms with E-state index in [0.717, 1.165) is 5.56 Å². The standard InChI is InChI=1S/C18H25NO4/c1-5-9-15-14(19-17(20)23-18(2,3)4)12-21-16(22-15)13-10-7-6-8-11-13/h5-8,10-11,14-16H,1,9,12H2,2-4H3,(H,19,20). The molecule has 1 aromatic carbocycles. The number of alkyl carbamates (subject to hydrolysis) is 1. The van der Waals surface area contributed by atoms with Crippen LogP contribution in [0.5, 0.6) is 0 Å². The van der Waals surface area contributed by atoms with E-state index in [1.807, 2.05) is 51.1 Å². The van der Waals surface area contributed by atoms with E-state index in [-0.39, 0.29) is 12.1 Å². The van der Waals surface area contributed by atoms with Crippen molar-refractivity contribution >= 4 is 6.09 Å². The van der Waals surface area contributed by atoms with Gasteiger partial charge in [-0.2, -0.15) is 0 Å². The zero-order valence-electron chi connectivity index (χ0n) is 14.0. The Kier molecular flexibility index (Phi) is 5.80. The van der Waals surface area contributed by atoms with E-state index in [0.29, 0.717) is 13.0 Å². The lowest BCUT2D eigenvalue weighted by atomic mass is 10.1. The number of carbonyl (C=O) groups is 1. The van der Waals surface area contributed by atoms with Crippen molar-refractivity contribution in [3.8, 4) is 0 Å². The minimum Gasteiger partial charge on any atom is -0.444 e. The van der Waals surface area contributed by atoms with Crippen molar-refractivity contribution in [2.45, 2.75) is 51.2 Å². The lowest BCUT2D eigenvalue weighted by molar-refractivity contribution is -0.227. The maximum absolute atomic E-state index is 12.0. The molecular formula is C18H25NO4. The molecule has 0 bridgehead atoms. The van der Waals surface area contributed by atoms with Gasteiger partial charge in [0.05, 0.1) is 18.8 Å². The zero-order valence-corrected chi connectivity index (χ0v) is 14.0. The van der Waals surface area contributed by atoms with Crippen LogP contribution in [-0.4, -0.2) is 30.4 Å². The Morgan fingerprint density at radius 2 is 2.09 bits per heavy atom. The highest BCUT2D eigenvalue weighted by atomic mass is 16.7. The van der Waals surface area contributed by atoms with Gasteiger partial charge in [0.1, 0.15) is 5.60 Å². The molecule has 0 spiro atoms. The van der Waals surface area contributed by atoms with Crippen molar-refractivity contribution < 1.29 is 19.0 Å². The average Bonchev–Trinajstić information content (AvgIpc) is 2.48. The van der Waals surface area contributed by atoms with E-state index in [1.165, 1.54) is 0 Å². The van der Waals surface area contributed by atoms with E-state index in [1.54, 1.807) is 6.08 Å². The molecule has 1 fully saturated rings. The second-order valence-electron chi connectivity index (χ2n) is 6.53. The smallest absolute Gasteiger partial charge is 0.408 e. The van der Waals surface area contributed by atoms with Gasteiger partial charge in [0.15, 0.2) is 6.29 Å². The monoisotopic (exact) mass is 319 g/mol. The van der Waals surface area contributed by atoms with Gasteiger partial charge >= 0.3 is 6.09 Å². The highest BCUT2D eigenvalue weighted by molar-refractivity contribution is 5.68. The summed E-state index contributed by atoms with van der Waals surface area (Å²) < 4.78 is 17.0. The van der Waals surface area contributed by atoms with Crippen molar-refractivity contribution in [3.05, 3.63) is 48.6 Å². The van der Waals surface area contributed by atoms with Crippen LogP contribution < -0.4 is 5.32 Å². The third kappa shape index (κ3) is 5.37. The summed E-state index contributed by atoms with van der Waals surface area (Å²) >= 11 is 0. The van der Waals surface area contributed by atoms with Gasteiger partial charge in [-0.15, -0.1) is 6.58 Å². The van der Waals surface area contributed by atoms with Crippen molar-refractivity contribution in [3.63, 3.8) is 0 Å². The van der Waals surface area contributed by atoms with Gasteiger partial charge in [-0.1, -0.05) is 36.4 Å². The van der Waals surface area contributed by atoms with Gasteiger partial charge in [0.2, 0.25) is 0 Å². The summed E-state index contributed by atoms with van der Waals surface area (Å²) in [7, 11) is 0. The van der Waals surface area contributed by atoms with Crippen LogP contribution in [0.3, 0.4) is 0 Å². The summed E-state index contributed by atoms with van der Waals surface area (Å²) in [5, 5.41) is 2.82. The van der Waals surface area contributed by atoms with E-state index < -0.39 is 18.0 Å². The number of amides is 1. The first-order chi connectivity index (χ1) is 10.9. The summed E-state index contributed by atoms with van der Waals surface area (Å²) in [5.74, 6) is 0. The molecule has 5 heteroatoms. The maximum atomic E-state index is 12.0. The highest BCUT2D eigenvalue weighted by Crippen LogP contribution is 2.28. The van der Waals surface area contributed by atoms with Gasteiger partial charge in [0.25, 0.3) is 0 Å². The molecule has 1 heterocycles. The molecule has 1 aliphatic rings. The number of benzene rings is 1. The van der Waals surface area contributed by atoms with E-state index in [4.69, 9.17) is 14.2 Å². The predicted molar refractivity (Wildman–Crippen MR) is 88.0 cm³/mol. The number of ether oxygens (including phenoxy) is 3. The second kappa shape index (κ2) is 7.62. The molecule has 0 radical (unpaired) electrons. The number of nitrogens with one attached hydrogen (secondary N) is 1. The van der Waals surface area contributed by atoms with Crippen LogP contribution in [0.4, 0.5) is 4.79 Å². The number of hydrogen-bond donors (Lipinski definition) is 1. The lowest BCUT2D eigenvalue weighted by Crippen LogP contribution is -2.52. The number of hydrogen-bond acceptors (Lipinski definition) is 4. The minimum absolute atomic E-state index is 0.209. The summed E-state index contributed by atoms with van der Waals surface area (Å²) in [4.78, 5) is 12.0. The topological polar surface area (TPSA) is 56.8 Å². The van der Waals surface area contributed by atoms with E-state index in [9.17, 15) is 4.79 Å². The molecule has 1 aromatic rings. The first kappa shape index (κ1) is 17.5. The molecule has 1 N–H and O–H groups in total. The van der Waals surface area contributed by atoms with E-state index >= 15 is 0 Å². The first-order valence-electron chi connectivity index (χ1n) is 7.81. The molecular weight excluding hydrogens is 294 g/mol. The Morgan fingerprint density at radius 1 is 1.39 bits per heavy atom. The Hall–Kier alpha value is -1.85. The predicted octanol–water partition coefficient (Wildman–Crippen LogP) is 3.57. The Balaban J connectivity index is 1.99. The fourth-order valence-corrected chi connectivity index (χ4v) is 2.35. The molecule has 1 amide bonds. The van der Waals surface area contributed by atoms with Crippen LogP contribution in [0.15, 0.2) is 43.0 Å². The van der Waals surface area contributed by atoms with E-state index in [2.05, 4.69) is 11.9 Å². The fraction of sp³-hybridized carbons (Fsp3) is 0.500. The molecule has 3 unspecified atom stereocenters. The Morgan fingerprint density at radius 3 is 2.70 bits per heavy atom. The second-order valence-corrected chi connectivity index (χ2v) is 6.53. The molecule has 0 aromatic heterocycles. The van der Waals surface area contributed by atoms with Gasteiger partial charge < -0.3 is 19.5 Å².